The van der Waals surface area contributed by atoms with Gasteiger partial charge >= 0.3 is 0 Å². The van der Waals surface area contributed by atoms with Crippen molar-refractivity contribution in [1.82, 2.24) is 9.55 Å². The normalized spacial score (nSPS) is 16.8. The molecule has 1 aromatic heterocycles. The molecule has 1 aliphatic rings. The molecule has 0 bridgehead atoms. The van der Waals surface area contributed by atoms with E-state index in [4.69, 9.17) is 11.6 Å². The summed E-state index contributed by atoms with van der Waals surface area (Å²) in [6.45, 7) is 2.74. The fourth-order valence-electron chi connectivity index (χ4n) is 3.22. The van der Waals surface area contributed by atoms with Crippen molar-refractivity contribution in [2.45, 2.75) is 30.0 Å². The van der Waals surface area contributed by atoms with E-state index in [1.807, 2.05) is 24.3 Å². The van der Waals surface area contributed by atoms with E-state index in [1.165, 1.54) is 10.9 Å². The lowest BCUT2D eigenvalue weighted by Gasteiger charge is -2.23. The van der Waals surface area contributed by atoms with Gasteiger partial charge in [-0.25, -0.2) is 4.98 Å². The van der Waals surface area contributed by atoms with Crippen molar-refractivity contribution in [3.05, 3.63) is 64.2 Å². The van der Waals surface area contributed by atoms with E-state index >= 15 is 0 Å². The molecule has 0 saturated carbocycles. The number of carbonyl (C=O) groups excluding carboxylic acids is 1. The molecule has 27 heavy (non-hydrogen) atoms. The fourth-order valence-corrected chi connectivity index (χ4v) is 4.51. The number of fused-ring (bicyclic) bond motifs is 2. The third-order valence-electron chi connectivity index (χ3n) is 4.64. The zero-order valence-corrected chi connectivity index (χ0v) is 16.3. The summed E-state index contributed by atoms with van der Waals surface area (Å²) < 4.78 is 1.35. The lowest BCUT2D eigenvalue weighted by Crippen LogP contribution is -2.37. The molecule has 5 nitrogen and oxygen atoms in total. The van der Waals surface area contributed by atoms with Gasteiger partial charge in [0.15, 0.2) is 0 Å². The Morgan fingerprint density at radius 1 is 1.30 bits per heavy atom. The number of thioether (sulfide) groups is 1. The van der Waals surface area contributed by atoms with E-state index in [9.17, 15) is 9.59 Å². The van der Waals surface area contributed by atoms with Crippen LogP contribution in [0.4, 0.5) is 5.69 Å². The molecule has 1 amide bonds. The summed E-state index contributed by atoms with van der Waals surface area (Å²) in [6.07, 6.45) is 2.32. The number of amides is 1. The second kappa shape index (κ2) is 7.37. The van der Waals surface area contributed by atoms with E-state index in [2.05, 4.69) is 11.9 Å². The zero-order chi connectivity index (χ0) is 19.0. The Morgan fingerprint density at radius 3 is 2.96 bits per heavy atom. The van der Waals surface area contributed by atoms with E-state index in [0.29, 0.717) is 27.7 Å². The highest BCUT2D eigenvalue weighted by atomic mass is 35.5. The van der Waals surface area contributed by atoms with Crippen LogP contribution in [0.25, 0.3) is 10.9 Å². The molecule has 7 heteroatoms. The van der Waals surface area contributed by atoms with Crippen molar-refractivity contribution >= 4 is 45.9 Å². The molecule has 1 atom stereocenters. The SMILES string of the molecule is CC1CCN(C(=O)Cn2cnc3ccc(Cl)cc3c2=O)c2ccccc2S1. The summed E-state index contributed by atoms with van der Waals surface area (Å²) in [5.41, 5.74) is 1.21. The van der Waals surface area contributed by atoms with Gasteiger partial charge in [-0.3, -0.25) is 14.2 Å². The van der Waals surface area contributed by atoms with Crippen LogP contribution in [0.2, 0.25) is 5.02 Å². The Kier molecular flexibility index (Phi) is 4.93. The van der Waals surface area contributed by atoms with E-state index in [0.717, 1.165) is 17.0 Å². The number of rotatable bonds is 2. The second-order valence-corrected chi connectivity index (χ2v) is 8.49. The molecular weight excluding hydrogens is 382 g/mol. The lowest BCUT2D eigenvalue weighted by molar-refractivity contribution is -0.119. The topological polar surface area (TPSA) is 55.2 Å². The quantitative estimate of drug-likeness (QED) is 0.654. The van der Waals surface area contributed by atoms with Crippen molar-refractivity contribution in [1.29, 1.82) is 0 Å². The van der Waals surface area contributed by atoms with Crippen molar-refractivity contribution in [3.63, 3.8) is 0 Å². The average molecular weight is 400 g/mol. The van der Waals surface area contributed by atoms with Gasteiger partial charge in [0.25, 0.3) is 5.56 Å². The largest absolute Gasteiger partial charge is 0.310 e. The average Bonchev–Trinajstić information content (AvgIpc) is 2.82. The first-order valence-electron chi connectivity index (χ1n) is 8.73. The molecule has 2 aromatic carbocycles. The highest BCUT2D eigenvalue weighted by Gasteiger charge is 2.24. The number of hydrogen-bond donors (Lipinski definition) is 0. The standard InChI is InChI=1S/C20H18ClN3O2S/c1-13-8-9-24(17-4-2-3-5-18(17)27-13)19(25)11-23-12-22-16-7-6-14(21)10-15(16)20(23)26/h2-7,10,12-13H,8-9,11H2,1H3. The van der Waals surface area contributed by atoms with Gasteiger partial charge in [-0.2, -0.15) is 0 Å². The van der Waals surface area contributed by atoms with E-state index in [1.54, 1.807) is 34.9 Å². The van der Waals surface area contributed by atoms with Crippen LogP contribution in [-0.2, 0) is 11.3 Å². The zero-order valence-electron chi connectivity index (χ0n) is 14.8. The first kappa shape index (κ1) is 18.1. The van der Waals surface area contributed by atoms with Gasteiger partial charge in [-0.1, -0.05) is 30.7 Å². The molecule has 0 aliphatic carbocycles. The summed E-state index contributed by atoms with van der Waals surface area (Å²) >= 11 is 7.78. The maximum Gasteiger partial charge on any atom is 0.261 e. The number of nitrogens with zero attached hydrogens (tertiary/aromatic N) is 3. The van der Waals surface area contributed by atoms with Gasteiger partial charge < -0.3 is 4.90 Å². The molecular formula is C20H18ClN3O2S. The van der Waals surface area contributed by atoms with E-state index < -0.39 is 0 Å². The van der Waals surface area contributed by atoms with Crippen LogP contribution in [0.3, 0.4) is 0 Å². The first-order chi connectivity index (χ1) is 13.0. The second-order valence-electron chi connectivity index (χ2n) is 6.57. The first-order valence-corrected chi connectivity index (χ1v) is 9.99. The van der Waals surface area contributed by atoms with Crippen LogP contribution in [0.5, 0.6) is 0 Å². The van der Waals surface area contributed by atoms with Crippen LogP contribution >= 0.6 is 23.4 Å². The maximum atomic E-state index is 13.0. The Labute approximate surface area is 166 Å². The summed E-state index contributed by atoms with van der Waals surface area (Å²) in [6, 6.07) is 12.9. The van der Waals surface area contributed by atoms with Crippen LogP contribution in [0.1, 0.15) is 13.3 Å². The predicted molar refractivity (Wildman–Crippen MR) is 110 cm³/mol. The van der Waals surface area contributed by atoms with Crippen LogP contribution < -0.4 is 10.5 Å². The monoisotopic (exact) mass is 399 g/mol. The molecule has 0 fully saturated rings. The third-order valence-corrected chi connectivity index (χ3v) is 6.11. The van der Waals surface area contributed by atoms with Gasteiger partial charge in [-0.15, -0.1) is 11.8 Å². The van der Waals surface area contributed by atoms with Crippen LogP contribution in [-0.4, -0.2) is 27.3 Å². The number of benzene rings is 2. The number of aromatic nitrogens is 2. The predicted octanol–water partition coefficient (Wildman–Crippen LogP) is 3.97. The molecule has 2 heterocycles. The summed E-state index contributed by atoms with van der Waals surface area (Å²) in [5.74, 6) is -0.123. The fraction of sp³-hybridized carbons (Fsp3) is 0.250. The Hall–Kier alpha value is -2.31. The molecule has 0 spiro atoms. The summed E-state index contributed by atoms with van der Waals surface area (Å²) in [4.78, 5) is 33.0. The number of para-hydroxylation sites is 1. The van der Waals surface area contributed by atoms with Crippen molar-refractivity contribution in [3.8, 4) is 0 Å². The van der Waals surface area contributed by atoms with Crippen LogP contribution in [0.15, 0.2) is 58.5 Å². The van der Waals surface area contributed by atoms with E-state index in [-0.39, 0.29) is 18.0 Å². The minimum atomic E-state index is -0.262. The smallest absolute Gasteiger partial charge is 0.261 e. The van der Waals surface area contributed by atoms with Crippen molar-refractivity contribution in [2.24, 2.45) is 0 Å². The molecule has 138 valence electrons. The van der Waals surface area contributed by atoms with Gasteiger partial charge in [-0.05, 0) is 36.8 Å². The summed E-state index contributed by atoms with van der Waals surface area (Å²) in [7, 11) is 0. The van der Waals surface area contributed by atoms with Crippen LogP contribution in [0, 0.1) is 0 Å². The number of halogens is 1. The Bertz CT molecular complexity index is 1080. The number of carbonyl (C=O) groups is 1. The Morgan fingerprint density at radius 2 is 2.11 bits per heavy atom. The Balaban J connectivity index is 1.67. The van der Waals surface area contributed by atoms with Crippen molar-refractivity contribution < 1.29 is 4.79 Å². The maximum absolute atomic E-state index is 13.0. The van der Waals surface area contributed by atoms with Gasteiger partial charge in [0, 0.05) is 21.7 Å². The molecule has 3 aromatic rings. The number of anilines is 1. The highest BCUT2D eigenvalue weighted by Crippen LogP contribution is 2.37. The highest BCUT2D eigenvalue weighted by molar-refractivity contribution is 8.00. The van der Waals surface area contributed by atoms with Gasteiger partial charge in [0.05, 0.1) is 22.9 Å². The van der Waals surface area contributed by atoms with Crippen molar-refractivity contribution in [2.75, 3.05) is 11.4 Å². The molecule has 1 aliphatic heterocycles. The minimum absolute atomic E-state index is 0.0539. The molecule has 4 rings (SSSR count). The summed E-state index contributed by atoms with van der Waals surface area (Å²) in [5, 5.41) is 1.31. The van der Waals surface area contributed by atoms with Gasteiger partial charge in [0.1, 0.15) is 6.54 Å². The number of hydrogen-bond acceptors (Lipinski definition) is 4. The molecule has 0 N–H and O–H groups in total. The molecule has 0 radical (unpaired) electrons. The molecule has 1 unspecified atom stereocenters. The van der Waals surface area contributed by atoms with Gasteiger partial charge in [0.2, 0.25) is 5.91 Å². The third kappa shape index (κ3) is 3.59. The lowest BCUT2D eigenvalue weighted by atomic mass is 10.2. The minimum Gasteiger partial charge on any atom is -0.310 e. The molecule has 0 saturated heterocycles.